The second-order valence-electron chi connectivity index (χ2n) is 7.17. The predicted molar refractivity (Wildman–Crippen MR) is 84.2 cm³/mol. The highest BCUT2D eigenvalue weighted by Gasteiger charge is 2.23. The normalized spacial score (nSPS) is 34.9. The fourth-order valence-electron chi connectivity index (χ4n) is 4.54. The van der Waals surface area contributed by atoms with Gasteiger partial charge in [-0.3, -0.25) is 0 Å². The first-order chi connectivity index (χ1) is 9.40. The zero-order valence-corrected chi connectivity index (χ0v) is 12.9. The van der Waals surface area contributed by atoms with Crippen LogP contribution in [0.15, 0.2) is 0 Å². The van der Waals surface area contributed by atoms with Crippen LogP contribution in [-0.2, 0) is 0 Å². The lowest BCUT2D eigenvalue weighted by atomic mass is 9.79. The van der Waals surface area contributed by atoms with Crippen LogP contribution in [0.3, 0.4) is 0 Å². The van der Waals surface area contributed by atoms with Crippen LogP contribution in [-0.4, -0.2) is 6.54 Å². The molecule has 0 heterocycles. The van der Waals surface area contributed by atoms with Gasteiger partial charge in [0.15, 0.2) is 0 Å². The molecule has 0 aromatic heterocycles. The third-order valence-corrected chi connectivity index (χ3v) is 5.77. The molecule has 2 aliphatic carbocycles. The minimum atomic E-state index is 0.907. The van der Waals surface area contributed by atoms with Crippen LogP contribution < -0.4 is 5.73 Å². The van der Waals surface area contributed by atoms with Crippen LogP contribution in [0.5, 0.6) is 0 Å². The van der Waals surface area contributed by atoms with Gasteiger partial charge in [0.2, 0.25) is 0 Å². The molecule has 2 rings (SSSR count). The first-order valence-electron chi connectivity index (χ1n) is 9.10. The molecule has 1 nitrogen and oxygen atoms in total. The van der Waals surface area contributed by atoms with E-state index in [1.807, 2.05) is 0 Å². The maximum absolute atomic E-state index is 5.88. The quantitative estimate of drug-likeness (QED) is 0.722. The average Bonchev–Trinajstić information content (AvgIpc) is 2.50. The van der Waals surface area contributed by atoms with Crippen molar-refractivity contribution in [3.63, 3.8) is 0 Å². The summed E-state index contributed by atoms with van der Waals surface area (Å²) in [4.78, 5) is 0. The van der Waals surface area contributed by atoms with Gasteiger partial charge in [0.25, 0.3) is 0 Å². The summed E-state index contributed by atoms with van der Waals surface area (Å²) in [6.45, 7) is 0.907. The third kappa shape index (κ3) is 5.45. The monoisotopic (exact) mass is 265 g/mol. The molecule has 2 aliphatic rings. The predicted octanol–water partition coefficient (Wildman–Crippen LogP) is 5.28. The van der Waals surface area contributed by atoms with Gasteiger partial charge in [-0.05, 0) is 37.1 Å². The minimum Gasteiger partial charge on any atom is -0.330 e. The Balaban J connectivity index is 2.00. The number of hydrogen-bond donors (Lipinski definition) is 1. The molecule has 2 fully saturated rings. The van der Waals surface area contributed by atoms with Crippen molar-refractivity contribution in [2.24, 2.45) is 23.5 Å². The van der Waals surface area contributed by atoms with E-state index in [0.717, 1.165) is 24.3 Å². The van der Waals surface area contributed by atoms with Crippen LogP contribution in [0, 0.1) is 17.8 Å². The van der Waals surface area contributed by atoms with Crippen LogP contribution in [0.25, 0.3) is 0 Å². The summed E-state index contributed by atoms with van der Waals surface area (Å²) in [5.41, 5.74) is 5.88. The largest absolute Gasteiger partial charge is 0.330 e. The van der Waals surface area contributed by atoms with Crippen LogP contribution in [0.1, 0.15) is 89.9 Å². The zero-order chi connectivity index (χ0) is 13.3. The zero-order valence-electron chi connectivity index (χ0n) is 12.9. The summed E-state index contributed by atoms with van der Waals surface area (Å²) < 4.78 is 0. The molecular formula is C18H35N. The summed E-state index contributed by atoms with van der Waals surface area (Å²) in [5.74, 6) is 3.00. The lowest BCUT2D eigenvalue weighted by molar-refractivity contribution is 0.244. The van der Waals surface area contributed by atoms with E-state index in [4.69, 9.17) is 5.73 Å². The smallest absolute Gasteiger partial charge is 0.00745 e. The molecule has 3 unspecified atom stereocenters. The van der Waals surface area contributed by atoms with Crippen molar-refractivity contribution in [2.75, 3.05) is 6.54 Å². The number of fused-ring (bicyclic) bond motifs is 3. The molecule has 2 bridgehead atoms. The van der Waals surface area contributed by atoms with E-state index in [9.17, 15) is 0 Å². The van der Waals surface area contributed by atoms with Crippen LogP contribution in [0.4, 0.5) is 0 Å². The topological polar surface area (TPSA) is 26.0 Å². The first-order valence-corrected chi connectivity index (χ1v) is 9.10. The number of hydrogen-bond acceptors (Lipinski definition) is 1. The number of rotatable bonds is 2. The summed E-state index contributed by atoms with van der Waals surface area (Å²) in [5, 5.41) is 0. The molecule has 112 valence electrons. The second kappa shape index (κ2) is 9.00. The number of nitrogens with two attached hydrogens (primary N) is 1. The van der Waals surface area contributed by atoms with Gasteiger partial charge < -0.3 is 5.73 Å². The lowest BCUT2D eigenvalue weighted by Gasteiger charge is -2.27. The van der Waals surface area contributed by atoms with Gasteiger partial charge in [-0.15, -0.1) is 0 Å². The second-order valence-corrected chi connectivity index (χ2v) is 7.17. The summed E-state index contributed by atoms with van der Waals surface area (Å²) in [6.07, 6.45) is 20.7. The average molecular weight is 265 g/mol. The maximum atomic E-state index is 5.88. The summed E-state index contributed by atoms with van der Waals surface area (Å²) in [6, 6.07) is 0. The van der Waals surface area contributed by atoms with Crippen molar-refractivity contribution < 1.29 is 0 Å². The van der Waals surface area contributed by atoms with Gasteiger partial charge in [-0.2, -0.15) is 0 Å². The van der Waals surface area contributed by atoms with E-state index in [1.165, 1.54) is 89.9 Å². The fraction of sp³-hybridized carbons (Fsp3) is 1.00. The summed E-state index contributed by atoms with van der Waals surface area (Å²) >= 11 is 0. The Kier molecular flexibility index (Phi) is 7.27. The van der Waals surface area contributed by atoms with Crippen molar-refractivity contribution in [3.8, 4) is 0 Å². The van der Waals surface area contributed by atoms with E-state index in [-0.39, 0.29) is 0 Å². The highest BCUT2D eigenvalue weighted by Crippen LogP contribution is 2.36. The Morgan fingerprint density at radius 1 is 0.632 bits per heavy atom. The Hall–Kier alpha value is -0.0400. The molecule has 0 amide bonds. The highest BCUT2D eigenvalue weighted by molar-refractivity contribution is 4.76. The van der Waals surface area contributed by atoms with Gasteiger partial charge in [-0.1, -0.05) is 77.0 Å². The van der Waals surface area contributed by atoms with Crippen molar-refractivity contribution in [2.45, 2.75) is 89.9 Å². The van der Waals surface area contributed by atoms with E-state index < -0.39 is 0 Å². The van der Waals surface area contributed by atoms with E-state index in [2.05, 4.69) is 0 Å². The van der Waals surface area contributed by atoms with Crippen LogP contribution >= 0.6 is 0 Å². The van der Waals surface area contributed by atoms with Crippen molar-refractivity contribution in [1.82, 2.24) is 0 Å². The van der Waals surface area contributed by atoms with E-state index >= 15 is 0 Å². The lowest BCUT2D eigenvalue weighted by Crippen LogP contribution is -2.19. The molecule has 19 heavy (non-hydrogen) atoms. The molecule has 0 spiro atoms. The summed E-state index contributed by atoms with van der Waals surface area (Å²) in [7, 11) is 0. The molecule has 1 heteroatoms. The molecule has 2 saturated carbocycles. The molecule has 0 radical (unpaired) electrons. The first kappa shape index (κ1) is 15.4. The Labute approximate surface area is 120 Å². The fourth-order valence-corrected chi connectivity index (χ4v) is 4.54. The Bertz CT molecular complexity index is 226. The van der Waals surface area contributed by atoms with Crippen molar-refractivity contribution in [1.29, 1.82) is 0 Å². The SMILES string of the molecule is NCCC1CCCCCCC2CCCCCC1CC2. The standard InChI is InChI=1S/C18H35N/c19-15-14-18-11-6-2-1-4-8-16-9-5-3-7-10-17(18)13-12-16/h16-18H,1-15,19H2. The van der Waals surface area contributed by atoms with Gasteiger partial charge in [0.05, 0.1) is 0 Å². The molecular weight excluding hydrogens is 230 g/mol. The maximum Gasteiger partial charge on any atom is -0.00745 e. The molecule has 3 atom stereocenters. The van der Waals surface area contributed by atoms with Crippen molar-refractivity contribution in [3.05, 3.63) is 0 Å². The minimum absolute atomic E-state index is 0.907. The molecule has 0 aromatic carbocycles. The molecule has 0 aromatic rings. The Morgan fingerprint density at radius 3 is 2.00 bits per heavy atom. The van der Waals surface area contributed by atoms with Gasteiger partial charge in [-0.25, -0.2) is 0 Å². The van der Waals surface area contributed by atoms with E-state index in [0.29, 0.717) is 0 Å². The van der Waals surface area contributed by atoms with Crippen LogP contribution in [0.2, 0.25) is 0 Å². The molecule has 0 aliphatic heterocycles. The molecule has 0 saturated heterocycles. The van der Waals surface area contributed by atoms with Gasteiger partial charge >= 0.3 is 0 Å². The van der Waals surface area contributed by atoms with Crippen molar-refractivity contribution >= 4 is 0 Å². The Morgan fingerprint density at radius 2 is 1.26 bits per heavy atom. The third-order valence-electron chi connectivity index (χ3n) is 5.77. The van der Waals surface area contributed by atoms with Gasteiger partial charge in [0.1, 0.15) is 0 Å². The molecule has 2 N–H and O–H groups in total. The van der Waals surface area contributed by atoms with Gasteiger partial charge in [0, 0.05) is 0 Å². The highest BCUT2D eigenvalue weighted by atomic mass is 14.5. The van der Waals surface area contributed by atoms with E-state index in [1.54, 1.807) is 0 Å².